The molecule has 0 radical (unpaired) electrons. The van der Waals surface area contributed by atoms with Crippen molar-refractivity contribution in [1.82, 2.24) is 5.32 Å². The molecule has 0 spiro atoms. The van der Waals surface area contributed by atoms with Crippen LogP contribution in [0, 0.1) is 17.2 Å². The molecule has 8 heteroatoms. The van der Waals surface area contributed by atoms with Crippen molar-refractivity contribution in [1.29, 1.82) is 5.26 Å². The van der Waals surface area contributed by atoms with Gasteiger partial charge in [0.15, 0.2) is 0 Å². The number of hydrogen-bond acceptors (Lipinski definition) is 6. The van der Waals surface area contributed by atoms with Gasteiger partial charge in [0, 0.05) is 27.8 Å². The molecule has 0 aromatic heterocycles. The molecule has 1 N–H and O–H groups in total. The molecule has 2 aromatic rings. The van der Waals surface area contributed by atoms with E-state index in [1.54, 1.807) is 37.5 Å². The Kier molecular flexibility index (Phi) is 7.90. The highest BCUT2D eigenvalue weighted by atomic mass is 32.2. The number of carbonyl (C=O) groups is 1. The molecule has 32 heavy (non-hydrogen) atoms. The molecule has 0 amide bonds. The van der Waals surface area contributed by atoms with Crippen LogP contribution in [-0.4, -0.2) is 19.2 Å². The highest BCUT2D eigenvalue weighted by Crippen LogP contribution is 2.45. The smallest absolute Gasteiger partial charge is 0.387 e. The van der Waals surface area contributed by atoms with Crippen LogP contribution in [0.25, 0.3) is 0 Å². The summed E-state index contributed by atoms with van der Waals surface area (Å²) in [5.74, 6) is -2.43. The van der Waals surface area contributed by atoms with Gasteiger partial charge in [0.25, 0.3) is 0 Å². The highest BCUT2D eigenvalue weighted by molar-refractivity contribution is 8.02. The predicted molar refractivity (Wildman–Crippen MR) is 118 cm³/mol. The summed E-state index contributed by atoms with van der Waals surface area (Å²) < 4.78 is 36.2. The number of benzene rings is 2. The van der Waals surface area contributed by atoms with Gasteiger partial charge in [-0.05, 0) is 37.5 Å². The van der Waals surface area contributed by atoms with Gasteiger partial charge in [-0.15, -0.1) is 0 Å². The van der Waals surface area contributed by atoms with E-state index in [4.69, 9.17) is 9.47 Å². The summed E-state index contributed by atoms with van der Waals surface area (Å²) in [6, 6.07) is 17.9. The lowest BCUT2D eigenvalue weighted by molar-refractivity contribution is -0.147. The van der Waals surface area contributed by atoms with Crippen LogP contribution >= 0.6 is 11.8 Å². The molecule has 0 unspecified atom stereocenters. The van der Waals surface area contributed by atoms with Crippen molar-refractivity contribution in [3.63, 3.8) is 0 Å². The topological polar surface area (TPSA) is 71.3 Å². The summed E-state index contributed by atoms with van der Waals surface area (Å²) >= 11 is 1.40. The van der Waals surface area contributed by atoms with Gasteiger partial charge in [-0.25, -0.2) is 0 Å². The zero-order valence-corrected chi connectivity index (χ0v) is 18.4. The second-order valence-corrected chi connectivity index (χ2v) is 7.85. The average molecular weight is 457 g/mol. The number of rotatable bonds is 7. The lowest BCUT2D eigenvalue weighted by Crippen LogP contribution is -2.37. The van der Waals surface area contributed by atoms with Crippen molar-refractivity contribution >= 4 is 17.7 Å². The maximum atomic E-state index is 13.1. The van der Waals surface area contributed by atoms with E-state index in [1.807, 2.05) is 30.3 Å². The first-order valence-electron chi connectivity index (χ1n) is 9.96. The van der Waals surface area contributed by atoms with Crippen molar-refractivity contribution in [2.75, 3.05) is 6.61 Å². The lowest BCUT2D eigenvalue weighted by Gasteiger charge is -2.34. The maximum Gasteiger partial charge on any atom is 0.387 e. The Labute approximate surface area is 189 Å². The number of hydrogen-bond donors (Lipinski definition) is 1. The summed E-state index contributed by atoms with van der Waals surface area (Å²) in [7, 11) is 0. The fraction of sp³-hybridized carbons (Fsp3) is 0.250. The molecule has 1 heterocycles. The minimum Gasteiger partial charge on any atom is -0.465 e. The summed E-state index contributed by atoms with van der Waals surface area (Å²) in [4.78, 5) is 14.0. The van der Waals surface area contributed by atoms with Crippen LogP contribution < -0.4 is 10.1 Å². The van der Waals surface area contributed by atoms with Crippen LogP contribution in [0.2, 0.25) is 0 Å². The maximum absolute atomic E-state index is 13.1. The number of halogens is 2. The fourth-order valence-corrected chi connectivity index (χ4v) is 4.38. The molecule has 2 aromatic carbocycles. The fourth-order valence-electron chi connectivity index (χ4n) is 3.60. The molecule has 5 nitrogen and oxygen atoms in total. The van der Waals surface area contributed by atoms with Gasteiger partial charge in [0.1, 0.15) is 11.7 Å². The Morgan fingerprint density at radius 3 is 2.56 bits per heavy atom. The molecular formula is C24H22F2N2O3S. The van der Waals surface area contributed by atoms with Gasteiger partial charge >= 0.3 is 12.6 Å². The van der Waals surface area contributed by atoms with Crippen LogP contribution in [0.4, 0.5) is 8.78 Å². The molecular weight excluding hydrogens is 434 g/mol. The van der Waals surface area contributed by atoms with Gasteiger partial charge in [-0.2, -0.15) is 14.0 Å². The number of carbonyl (C=O) groups excluding carboxylic acids is 1. The lowest BCUT2D eigenvalue weighted by atomic mass is 9.76. The van der Waals surface area contributed by atoms with Gasteiger partial charge in [-0.1, -0.05) is 48.2 Å². The molecule has 0 saturated heterocycles. The van der Waals surface area contributed by atoms with Crippen LogP contribution in [0.1, 0.15) is 25.3 Å². The first-order chi connectivity index (χ1) is 15.5. The monoisotopic (exact) mass is 456 g/mol. The summed E-state index contributed by atoms with van der Waals surface area (Å²) in [5.41, 5.74) is 1.63. The molecule has 0 bridgehead atoms. The molecule has 3 rings (SSSR count). The predicted octanol–water partition coefficient (Wildman–Crippen LogP) is 5.59. The minimum absolute atomic E-state index is 0.0840. The Bertz CT molecular complexity index is 1060. The second-order valence-electron chi connectivity index (χ2n) is 6.90. The zero-order chi connectivity index (χ0) is 23.1. The van der Waals surface area contributed by atoms with Crippen LogP contribution in [0.3, 0.4) is 0 Å². The van der Waals surface area contributed by atoms with E-state index in [0.717, 1.165) is 4.90 Å². The summed E-state index contributed by atoms with van der Waals surface area (Å²) in [6.07, 6.45) is 0. The number of alkyl halides is 2. The number of ether oxygens (including phenoxy) is 2. The van der Waals surface area contributed by atoms with Crippen molar-refractivity contribution in [3.8, 4) is 11.8 Å². The second kappa shape index (κ2) is 10.8. The largest absolute Gasteiger partial charge is 0.465 e. The Hall–Kier alpha value is -3.31. The quantitative estimate of drug-likeness (QED) is 0.433. The van der Waals surface area contributed by atoms with E-state index in [9.17, 15) is 18.8 Å². The van der Waals surface area contributed by atoms with Crippen molar-refractivity contribution in [3.05, 3.63) is 82.5 Å². The Morgan fingerprint density at radius 1 is 1.22 bits per heavy atom. The van der Waals surface area contributed by atoms with E-state index in [2.05, 4.69) is 11.4 Å². The van der Waals surface area contributed by atoms with E-state index >= 15 is 0 Å². The third kappa shape index (κ3) is 5.29. The van der Waals surface area contributed by atoms with Crippen molar-refractivity contribution in [2.45, 2.75) is 31.3 Å². The van der Waals surface area contributed by atoms with Crippen molar-refractivity contribution in [2.24, 2.45) is 5.92 Å². The molecule has 2 atom stereocenters. The van der Waals surface area contributed by atoms with Crippen molar-refractivity contribution < 1.29 is 23.0 Å². The van der Waals surface area contributed by atoms with E-state index < -0.39 is 24.4 Å². The normalized spacial score (nSPS) is 19.4. The number of nitriles is 1. The molecule has 1 aliphatic heterocycles. The average Bonchev–Trinajstić information content (AvgIpc) is 2.78. The summed E-state index contributed by atoms with van der Waals surface area (Å²) in [5, 5.41) is 14.8. The Morgan fingerprint density at radius 2 is 1.91 bits per heavy atom. The van der Waals surface area contributed by atoms with Crippen LogP contribution in [0.5, 0.6) is 5.75 Å². The standard InChI is InChI=1S/C24H22F2N2O3S/c1-3-30-23(29)22-19(14-32-16-9-5-4-6-10-16)28-15(2)18(13-27)21(22)17-11-7-8-12-20(17)31-24(25)26/h4-12,14,21-22,24,28H,3H2,1-2H3/b19-14+/t21-,22-/m1/s1. The Balaban J connectivity index is 2.14. The summed E-state index contributed by atoms with van der Waals surface area (Å²) in [6.45, 7) is 0.495. The number of nitrogens with zero attached hydrogens (tertiary/aromatic N) is 1. The van der Waals surface area contributed by atoms with Crippen LogP contribution in [0.15, 0.2) is 81.9 Å². The molecule has 0 aliphatic carbocycles. The third-order valence-electron chi connectivity index (χ3n) is 4.91. The molecule has 0 fully saturated rings. The first kappa shape index (κ1) is 23.4. The SMILES string of the molecule is CCOC(=O)[C@@H]1/C(=C\Sc2ccccc2)NC(C)=C(C#N)[C@H]1c1ccccc1OC(F)F. The number of allylic oxidation sites excluding steroid dienone is 2. The zero-order valence-electron chi connectivity index (χ0n) is 17.5. The number of para-hydroxylation sites is 1. The number of esters is 1. The van der Waals surface area contributed by atoms with E-state index in [-0.39, 0.29) is 17.9 Å². The number of nitrogens with one attached hydrogen (secondary N) is 1. The molecule has 166 valence electrons. The van der Waals surface area contributed by atoms with Gasteiger partial charge in [0.05, 0.1) is 18.2 Å². The van der Waals surface area contributed by atoms with Crippen LogP contribution in [-0.2, 0) is 9.53 Å². The first-order valence-corrected chi connectivity index (χ1v) is 10.8. The molecule has 0 saturated carbocycles. The van der Waals surface area contributed by atoms with Gasteiger partial charge in [-0.3, -0.25) is 4.79 Å². The van der Waals surface area contributed by atoms with Gasteiger partial charge < -0.3 is 14.8 Å². The number of thioether (sulfide) groups is 1. The molecule has 1 aliphatic rings. The highest BCUT2D eigenvalue weighted by Gasteiger charge is 2.42. The van der Waals surface area contributed by atoms with E-state index in [0.29, 0.717) is 17.0 Å². The minimum atomic E-state index is -3.04. The van der Waals surface area contributed by atoms with E-state index in [1.165, 1.54) is 17.8 Å². The third-order valence-corrected chi connectivity index (χ3v) is 5.83. The van der Waals surface area contributed by atoms with Gasteiger partial charge in [0.2, 0.25) is 0 Å².